The van der Waals surface area contributed by atoms with Crippen LogP contribution in [0.1, 0.15) is 10.4 Å². The lowest BCUT2D eigenvalue weighted by molar-refractivity contribution is 0.0971. The molecule has 0 unspecified atom stereocenters. The number of hydrogen-bond donors (Lipinski definition) is 0. The minimum absolute atomic E-state index is 0.220. The lowest BCUT2D eigenvalue weighted by atomic mass is 10.1. The highest BCUT2D eigenvalue weighted by atomic mass is 35.5. The summed E-state index contributed by atoms with van der Waals surface area (Å²) in [6.45, 7) is -0.220. The molecule has 0 N–H and O–H groups in total. The van der Waals surface area contributed by atoms with Gasteiger partial charge >= 0.3 is 5.69 Å². The van der Waals surface area contributed by atoms with E-state index in [0.29, 0.717) is 32.2 Å². The van der Waals surface area contributed by atoms with Crippen molar-refractivity contribution >= 4 is 39.9 Å². The third-order valence-electron chi connectivity index (χ3n) is 4.58. The van der Waals surface area contributed by atoms with Crippen LogP contribution in [0.3, 0.4) is 0 Å². The van der Waals surface area contributed by atoms with E-state index >= 15 is 0 Å². The van der Waals surface area contributed by atoms with E-state index in [1.54, 1.807) is 66.7 Å². The number of rotatable bonds is 4. The van der Waals surface area contributed by atoms with Crippen molar-refractivity contribution in [1.82, 2.24) is 9.13 Å². The Hall–Kier alpha value is -3.15. The Kier molecular flexibility index (Phi) is 5.09. The van der Waals surface area contributed by atoms with Crippen LogP contribution in [-0.4, -0.2) is 14.9 Å². The molecule has 4 aromatic rings. The molecular formula is C22H14Cl2N2O3. The fourth-order valence-corrected chi connectivity index (χ4v) is 3.50. The summed E-state index contributed by atoms with van der Waals surface area (Å²) in [5.41, 5.74) is 0.0706. The van der Waals surface area contributed by atoms with Crippen LogP contribution in [0.5, 0.6) is 0 Å². The van der Waals surface area contributed by atoms with Crippen LogP contribution in [0.2, 0.25) is 10.0 Å². The third-order valence-corrected chi connectivity index (χ3v) is 5.07. The predicted molar refractivity (Wildman–Crippen MR) is 115 cm³/mol. The zero-order valence-corrected chi connectivity index (χ0v) is 16.5. The van der Waals surface area contributed by atoms with Gasteiger partial charge in [0.1, 0.15) is 0 Å². The van der Waals surface area contributed by atoms with Gasteiger partial charge in [-0.3, -0.25) is 14.2 Å². The average Bonchev–Trinajstić information content (AvgIpc) is 2.72. The number of halogens is 2. The maximum Gasteiger partial charge on any atom is 0.336 e. The first-order valence-corrected chi connectivity index (χ1v) is 9.50. The van der Waals surface area contributed by atoms with Gasteiger partial charge in [-0.25, -0.2) is 9.36 Å². The monoisotopic (exact) mass is 424 g/mol. The lowest BCUT2D eigenvalue weighted by Crippen LogP contribution is -2.40. The van der Waals surface area contributed by atoms with Crippen molar-refractivity contribution in [3.05, 3.63) is 109 Å². The second-order valence-corrected chi connectivity index (χ2v) is 7.31. The van der Waals surface area contributed by atoms with Crippen LogP contribution in [0.15, 0.2) is 82.4 Å². The van der Waals surface area contributed by atoms with Gasteiger partial charge in [0.2, 0.25) is 0 Å². The van der Waals surface area contributed by atoms with Crippen LogP contribution in [0.4, 0.5) is 0 Å². The van der Waals surface area contributed by atoms with Crippen LogP contribution in [0.25, 0.3) is 16.6 Å². The van der Waals surface area contributed by atoms with Gasteiger partial charge in [-0.15, -0.1) is 0 Å². The molecule has 0 atom stereocenters. The smallest absolute Gasteiger partial charge is 0.292 e. The molecule has 7 heteroatoms. The minimum Gasteiger partial charge on any atom is -0.292 e. The molecule has 0 radical (unpaired) electrons. The molecule has 0 saturated carbocycles. The van der Waals surface area contributed by atoms with Gasteiger partial charge in [0.25, 0.3) is 5.56 Å². The van der Waals surface area contributed by atoms with E-state index in [1.165, 1.54) is 10.6 Å². The third kappa shape index (κ3) is 3.62. The maximum atomic E-state index is 13.2. The van der Waals surface area contributed by atoms with Gasteiger partial charge in [-0.1, -0.05) is 41.4 Å². The Morgan fingerprint density at radius 2 is 1.55 bits per heavy atom. The normalized spacial score (nSPS) is 11.0. The average molecular weight is 425 g/mol. The molecule has 0 bridgehead atoms. The first kappa shape index (κ1) is 19.2. The highest BCUT2D eigenvalue weighted by Crippen LogP contribution is 2.15. The molecule has 1 heterocycles. The van der Waals surface area contributed by atoms with E-state index in [2.05, 4.69) is 0 Å². The van der Waals surface area contributed by atoms with Crippen molar-refractivity contribution in [3.8, 4) is 5.69 Å². The number of ketones is 1. The molecule has 0 fully saturated rings. The van der Waals surface area contributed by atoms with Crippen molar-refractivity contribution in [2.75, 3.05) is 0 Å². The standard InChI is InChI=1S/C22H14Cl2N2O3/c23-15-10-8-14(9-11-15)20(27)13-25-19-7-2-1-6-18(19)21(28)26(22(25)29)17-5-3-4-16(24)12-17/h1-12H,13H2. The van der Waals surface area contributed by atoms with Crippen molar-refractivity contribution < 1.29 is 4.79 Å². The number of para-hydroxylation sites is 1. The van der Waals surface area contributed by atoms with Crippen molar-refractivity contribution in [2.24, 2.45) is 0 Å². The van der Waals surface area contributed by atoms with Crippen molar-refractivity contribution in [1.29, 1.82) is 0 Å². The van der Waals surface area contributed by atoms with Gasteiger partial charge in [0.05, 0.1) is 23.1 Å². The van der Waals surface area contributed by atoms with Gasteiger partial charge in [-0.05, 0) is 54.6 Å². The van der Waals surface area contributed by atoms with E-state index < -0.39 is 11.2 Å². The van der Waals surface area contributed by atoms with E-state index in [-0.39, 0.29) is 12.3 Å². The molecule has 4 rings (SSSR count). The Balaban J connectivity index is 1.94. The largest absolute Gasteiger partial charge is 0.336 e. The number of carbonyl (C=O) groups is 1. The summed E-state index contributed by atoms with van der Waals surface area (Å²) in [6, 6.07) is 19.6. The van der Waals surface area contributed by atoms with E-state index in [9.17, 15) is 14.4 Å². The number of benzene rings is 3. The number of fused-ring (bicyclic) bond motifs is 1. The first-order chi connectivity index (χ1) is 14.0. The predicted octanol–water partition coefficient (Wildman–Crippen LogP) is 4.34. The first-order valence-electron chi connectivity index (χ1n) is 8.75. The highest BCUT2D eigenvalue weighted by molar-refractivity contribution is 6.31. The van der Waals surface area contributed by atoms with Crippen LogP contribution in [0, 0.1) is 0 Å². The Morgan fingerprint density at radius 3 is 2.28 bits per heavy atom. The van der Waals surface area contributed by atoms with Crippen molar-refractivity contribution in [3.63, 3.8) is 0 Å². The number of carbonyl (C=O) groups excluding carboxylic acids is 1. The zero-order valence-electron chi connectivity index (χ0n) is 15.0. The second-order valence-electron chi connectivity index (χ2n) is 6.44. The fourth-order valence-electron chi connectivity index (χ4n) is 3.19. The summed E-state index contributed by atoms with van der Waals surface area (Å²) in [7, 11) is 0. The summed E-state index contributed by atoms with van der Waals surface area (Å²) in [5.74, 6) is -0.273. The van der Waals surface area contributed by atoms with Gasteiger partial charge in [0, 0.05) is 15.6 Å². The summed E-state index contributed by atoms with van der Waals surface area (Å²) in [6.07, 6.45) is 0. The Morgan fingerprint density at radius 1 is 0.828 bits per heavy atom. The molecule has 0 spiro atoms. The number of hydrogen-bond acceptors (Lipinski definition) is 3. The lowest BCUT2D eigenvalue weighted by Gasteiger charge is -2.14. The molecule has 144 valence electrons. The topological polar surface area (TPSA) is 61.1 Å². The Labute approximate surface area is 175 Å². The van der Waals surface area contributed by atoms with Gasteiger partial charge in [0.15, 0.2) is 5.78 Å². The number of nitrogens with zero attached hydrogens (tertiary/aromatic N) is 2. The van der Waals surface area contributed by atoms with E-state index in [0.717, 1.165) is 4.57 Å². The van der Waals surface area contributed by atoms with Crippen molar-refractivity contribution in [2.45, 2.75) is 6.54 Å². The molecule has 0 aliphatic rings. The highest BCUT2D eigenvalue weighted by Gasteiger charge is 2.17. The number of aromatic nitrogens is 2. The van der Waals surface area contributed by atoms with E-state index in [1.807, 2.05) is 0 Å². The molecular weight excluding hydrogens is 411 g/mol. The Bertz CT molecular complexity index is 1360. The summed E-state index contributed by atoms with van der Waals surface area (Å²) in [4.78, 5) is 39.1. The fraction of sp³-hybridized carbons (Fsp3) is 0.0455. The molecule has 1 aromatic heterocycles. The molecule has 0 amide bonds. The molecule has 5 nitrogen and oxygen atoms in total. The van der Waals surface area contributed by atoms with Crippen LogP contribution < -0.4 is 11.2 Å². The van der Waals surface area contributed by atoms with Crippen LogP contribution in [-0.2, 0) is 6.54 Å². The minimum atomic E-state index is -0.613. The molecule has 0 aliphatic heterocycles. The summed E-state index contributed by atoms with van der Waals surface area (Å²) < 4.78 is 2.33. The summed E-state index contributed by atoms with van der Waals surface area (Å²) >= 11 is 11.9. The number of Topliss-reactive ketones (excluding diaryl/α,β-unsaturated/α-hetero) is 1. The second kappa shape index (κ2) is 7.70. The van der Waals surface area contributed by atoms with Gasteiger partial charge in [-0.2, -0.15) is 0 Å². The molecule has 0 saturated heterocycles. The van der Waals surface area contributed by atoms with E-state index in [4.69, 9.17) is 23.2 Å². The van der Waals surface area contributed by atoms with Gasteiger partial charge < -0.3 is 0 Å². The van der Waals surface area contributed by atoms with Crippen LogP contribution >= 0.6 is 23.2 Å². The molecule has 0 aliphatic carbocycles. The molecule has 3 aromatic carbocycles. The summed E-state index contributed by atoms with van der Waals surface area (Å²) in [5, 5.41) is 1.24. The SMILES string of the molecule is O=C(Cn1c(=O)n(-c2cccc(Cl)c2)c(=O)c2ccccc21)c1ccc(Cl)cc1. The molecule has 29 heavy (non-hydrogen) atoms. The zero-order chi connectivity index (χ0) is 20.5. The maximum absolute atomic E-state index is 13.2. The quantitative estimate of drug-likeness (QED) is 0.457.